The normalized spacial score (nSPS) is 60.8. The van der Waals surface area contributed by atoms with Gasteiger partial charge in [-0.1, -0.05) is 6.92 Å². The summed E-state index contributed by atoms with van der Waals surface area (Å²) in [5, 5.41) is 0. The molecule has 19 heavy (non-hydrogen) atoms. The number of rotatable bonds is 0. The smallest absolute Gasteiger partial charge is 0.334 e. The summed E-state index contributed by atoms with van der Waals surface area (Å²) in [6.45, 7) is 6.31. The monoisotopic (exact) mass is 262 g/mol. The molecule has 2 saturated carbocycles. The van der Waals surface area contributed by atoms with Crippen LogP contribution in [0.25, 0.3) is 0 Å². The predicted octanol–water partition coefficient (Wildman–Crippen LogP) is 1.73. The molecule has 4 nitrogen and oxygen atoms in total. The van der Waals surface area contributed by atoms with Gasteiger partial charge in [-0.3, -0.25) is 0 Å². The van der Waals surface area contributed by atoms with Gasteiger partial charge in [0.2, 0.25) is 0 Å². The standard InChI is InChI=1S/C15H18O4/c1-7-4-10-9(8(2)12(16)17-10)5-14-13(3,19-14)6-11-15(7,14)18-11/h7,10-11H,4-6H2,1-3H3. The number of epoxide rings is 2. The Morgan fingerprint density at radius 2 is 2.16 bits per heavy atom. The van der Waals surface area contributed by atoms with Crippen molar-refractivity contribution >= 4 is 5.97 Å². The van der Waals surface area contributed by atoms with Crippen molar-refractivity contribution in [1.29, 1.82) is 0 Å². The van der Waals surface area contributed by atoms with Gasteiger partial charge in [-0.15, -0.1) is 0 Å². The molecule has 4 fully saturated rings. The number of carbonyl (C=O) groups is 1. The lowest BCUT2D eigenvalue weighted by molar-refractivity contribution is -0.140. The van der Waals surface area contributed by atoms with Crippen molar-refractivity contribution in [3.8, 4) is 0 Å². The highest BCUT2D eigenvalue weighted by Crippen LogP contribution is 2.78. The number of hydrogen-bond donors (Lipinski definition) is 0. The molecular weight excluding hydrogens is 244 g/mol. The Morgan fingerprint density at radius 1 is 1.37 bits per heavy atom. The van der Waals surface area contributed by atoms with Gasteiger partial charge < -0.3 is 14.2 Å². The lowest BCUT2D eigenvalue weighted by Gasteiger charge is -2.23. The molecule has 102 valence electrons. The summed E-state index contributed by atoms with van der Waals surface area (Å²) in [6.07, 6.45) is 3.00. The lowest BCUT2D eigenvalue weighted by atomic mass is 9.78. The summed E-state index contributed by atoms with van der Waals surface area (Å²) in [5.41, 5.74) is 1.62. The van der Waals surface area contributed by atoms with E-state index in [1.54, 1.807) is 0 Å². The van der Waals surface area contributed by atoms with Gasteiger partial charge in [0.05, 0.1) is 6.10 Å². The summed E-state index contributed by atoms with van der Waals surface area (Å²) in [4.78, 5) is 11.8. The van der Waals surface area contributed by atoms with Crippen LogP contribution in [0.2, 0.25) is 0 Å². The number of esters is 1. The van der Waals surface area contributed by atoms with Gasteiger partial charge in [0.25, 0.3) is 0 Å². The zero-order valence-electron chi connectivity index (χ0n) is 11.5. The van der Waals surface area contributed by atoms with E-state index in [0.717, 1.165) is 30.4 Å². The van der Waals surface area contributed by atoms with Gasteiger partial charge in [0.1, 0.15) is 22.9 Å². The van der Waals surface area contributed by atoms with Crippen LogP contribution in [0.3, 0.4) is 0 Å². The maximum absolute atomic E-state index is 11.8. The van der Waals surface area contributed by atoms with Crippen molar-refractivity contribution in [3.05, 3.63) is 11.1 Å². The van der Waals surface area contributed by atoms with Crippen LogP contribution >= 0.6 is 0 Å². The van der Waals surface area contributed by atoms with E-state index in [4.69, 9.17) is 14.2 Å². The molecule has 0 aromatic heterocycles. The lowest BCUT2D eigenvalue weighted by Crippen LogP contribution is -2.40. The minimum absolute atomic E-state index is 0.0437. The van der Waals surface area contributed by atoms with E-state index in [0.29, 0.717) is 12.0 Å². The van der Waals surface area contributed by atoms with E-state index in [-0.39, 0.29) is 28.9 Å². The Hall–Kier alpha value is -0.870. The molecule has 0 N–H and O–H groups in total. The molecule has 3 aliphatic heterocycles. The van der Waals surface area contributed by atoms with E-state index >= 15 is 0 Å². The fourth-order valence-electron chi connectivity index (χ4n) is 5.22. The van der Waals surface area contributed by atoms with Crippen LogP contribution in [0.15, 0.2) is 11.1 Å². The zero-order chi connectivity index (χ0) is 13.2. The van der Waals surface area contributed by atoms with Gasteiger partial charge in [-0.25, -0.2) is 4.79 Å². The minimum atomic E-state index is -0.191. The molecule has 6 unspecified atom stereocenters. The molecule has 2 saturated heterocycles. The predicted molar refractivity (Wildman–Crippen MR) is 65.4 cm³/mol. The molecule has 0 bridgehead atoms. The third-order valence-electron chi connectivity index (χ3n) is 6.34. The Morgan fingerprint density at radius 3 is 2.95 bits per heavy atom. The van der Waals surface area contributed by atoms with Crippen molar-refractivity contribution in [2.24, 2.45) is 5.92 Å². The van der Waals surface area contributed by atoms with Crippen LogP contribution in [-0.4, -0.2) is 35.0 Å². The fraction of sp³-hybridized carbons (Fsp3) is 0.800. The second kappa shape index (κ2) is 2.63. The molecule has 6 atom stereocenters. The van der Waals surface area contributed by atoms with Gasteiger partial charge in [-0.2, -0.15) is 0 Å². The van der Waals surface area contributed by atoms with Crippen LogP contribution in [0.4, 0.5) is 0 Å². The topological polar surface area (TPSA) is 51.4 Å². The Kier molecular flexibility index (Phi) is 1.51. The first-order chi connectivity index (χ1) is 8.93. The Bertz CT molecular complexity index is 566. The molecule has 2 spiro atoms. The zero-order valence-corrected chi connectivity index (χ0v) is 11.5. The molecular formula is C15H18O4. The Labute approximate surface area is 112 Å². The number of hydrogen-bond acceptors (Lipinski definition) is 4. The summed E-state index contributed by atoms with van der Waals surface area (Å²) >= 11 is 0. The quantitative estimate of drug-likeness (QED) is 0.493. The summed E-state index contributed by atoms with van der Waals surface area (Å²) < 4.78 is 17.8. The summed E-state index contributed by atoms with van der Waals surface area (Å²) in [6, 6.07) is 0. The van der Waals surface area contributed by atoms with E-state index in [1.807, 2.05) is 6.92 Å². The van der Waals surface area contributed by atoms with Crippen molar-refractivity contribution < 1.29 is 19.0 Å². The van der Waals surface area contributed by atoms with Crippen molar-refractivity contribution in [1.82, 2.24) is 0 Å². The van der Waals surface area contributed by atoms with Crippen LogP contribution < -0.4 is 0 Å². The molecule has 0 amide bonds. The number of fused-ring (bicyclic) bond motifs is 1. The molecule has 4 heteroatoms. The fourth-order valence-corrected chi connectivity index (χ4v) is 5.22. The van der Waals surface area contributed by atoms with Crippen LogP contribution in [0, 0.1) is 5.92 Å². The first kappa shape index (κ1) is 10.9. The molecule has 5 rings (SSSR count). The van der Waals surface area contributed by atoms with Gasteiger partial charge in [-0.05, 0) is 31.8 Å². The van der Waals surface area contributed by atoms with Crippen molar-refractivity contribution in [2.45, 2.75) is 69.0 Å². The Balaban J connectivity index is 1.67. The van der Waals surface area contributed by atoms with Crippen LogP contribution in [-0.2, 0) is 19.0 Å². The van der Waals surface area contributed by atoms with E-state index in [1.165, 1.54) is 0 Å². The minimum Gasteiger partial charge on any atom is -0.454 e. The summed E-state index contributed by atoms with van der Waals surface area (Å²) in [7, 11) is 0. The molecule has 3 heterocycles. The first-order valence-electron chi connectivity index (χ1n) is 7.22. The average Bonchev–Trinajstić information content (AvgIpc) is 3.16. The van der Waals surface area contributed by atoms with Crippen LogP contribution in [0.1, 0.15) is 40.0 Å². The highest BCUT2D eigenvalue weighted by molar-refractivity contribution is 5.91. The maximum Gasteiger partial charge on any atom is 0.334 e. The van der Waals surface area contributed by atoms with E-state index < -0.39 is 0 Å². The highest BCUT2D eigenvalue weighted by atomic mass is 16.7. The summed E-state index contributed by atoms with van der Waals surface area (Å²) in [5.74, 6) is 0.233. The van der Waals surface area contributed by atoms with Gasteiger partial charge in [0.15, 0.2) is 0 Å². The maximum atomic E-state index is 11.8. The van der Waals surface area contributed by atoms with Gasteiger partial charge >= 0.3 is 5.97 Å². The van der Waals surface area contributed by atoms with Crippen molar-refractivity contribution in [2.75, 3.05) is 0 Å². The third-order valence-corrected chi connectivity index (χ3v) is 6.34. The highest BCUT2D eigenvalue weighted by Gasteiger charge is 2.93. The van der Waals surface area contributed by atoms with E-state index in [2.05, 4.69) is 13.8 Å². The second-order valence-corrected chi connectivity index (χ2v) is 7.12. The molecule has 0 aromatic rings. The van der Waals surface area contributed by atoms with E-state index in [9.17, 15) is 4.79 Å². The largest absolute Gasteiger partial charge is 0.454 e. The third kappa shape index (κ3) is 0.897. The number of carbonyl (C=O) groups excluding carboxylic acids is 1. The SMILES string of the molecule is CC1=C2CC34OC3(C)CC3OC34C(C)CC2OC1=O. The first-order valence-corrected chi connectivity index (χ1v) is 7.22. The second-order valence-electron chi connectivity index (χ2n) is 7.12. The van der Waals surface area contributed by atoms with Gasteiger partial charge in [0, 0.05) is 18.4 Å². The molecule has 5 aliphatic rings. The average molecular weight is 262 g/mol. The molecule has 0 aromatic carbocycles. The van der Waals surface area contributed by atoms with Crippen LogP contribution in [0.5, 0.6) is 0 Å². The van der Waals surface area contributed by atoms with Crippen molar-refractivity contribution in [3.63, 3.8) is 0 Å². The number of ether oxygens (including phenoxy) is 3. The molecule has 2 aliphatic carbocycles. The molecule has 0 radical (unpaired) electrons.